The number of hydrogen-bond donors (Lipinski definition) is 2. The second-order valence-corrected chi connectivity index (χ2v) is 13.3. The maximum Gasteiger partial charge on any atom is 0.341 e. The molecule has 0 fully saturated rings. The van der Waals surface area contributed by atoms with E-state index in [1.165, 1.54) is 23.1 Å². The van der Waals surface area contributed by atoms with Gasteiger partial charge < -0.3 is 15.4 Å². The Hall–Kier alpha value is -3.59. The van der Waals surface area contributed by atoms with Gasteiger partial charge in [-0.3, -0.25) is 9.59 Å². The fourth-order valence-corrected chi connectivity index (χ4v) is 7.72. The van der Waals surface area contributed by atoms with E-state index in [0.29, 0.717) is 27.2 Å². The summed E-state index contributed by atoms with van der Waals surface area (Å²) < 4.78 is 5.40. The summed E-state index contributed by atoms with van der Waals surface area (Å²) in [7, 11) is 0. The van der Waals surface area contributed by atoms with Gasteiger partial charge >= 0.3 is 5.97 Å². The number of esters is 1. The molecule has 0 radical (unpaired) electrons. The van der Waals surface area contributed by atoms with Crippen LogP contribution in [-0.4, -0.2) is 24.4 Å². The first-order valence-corrected chi connectivity index (χ1v) is 16.4. The molecule has 1 aliphatic rings. The zero-order chi connectivity index (χ0) is 30.3. The Morgan fingerprint density at radius 2 is 1.79 bits per heavy atom. The Bertz CT molecular complexity index is 1600. The molecule has 43 heavy (non-hydrogen) atoms. The normalized spacial score (nSPS) is 14.8. The Labute approximate surface area is 265 Å². The number of thiophene rings is 1. The Morgan fingerprint density at radius 3 is 2.53 bits per heavy atom. The van der Waals surface area contributed by atoms with Gasteiger partial charge in [-0.1, -0.05) is 67.1 Å². The summed E-state index contributed by atoms with van der Waals surface area (Å²) in [5.74, 6) is -0.248. The minimum Gasteiger partial charge on any atom is -0.462 e. The van der Waals surface area contributed by atoms with Crippen molar-refractivity contribution in [2.45, 2.75) is 49.7 Å². The molecular weight excluding hydrogens is 600 g/mol. The number of benzene rings is 3. The summed E-state index contributed by atoms with van der Waals surface area (Å²) in [5.41, 5.74) is 3.82. The van der Waals surface area contributed by atoms with Gasteiger partial charge in [0.25, 0.3) is 0 Å². The predicted octanol–water partition coefficient (Wildman–Crippen LogP) is 8.36. The van der Waals surface area contributed by atoms with E-state index in [-0.39, 0.29) is 24.8 Å². The second kappa shape index (κ2) is 14.3. The van der Waals surface area contributed by atoms with Crippen LogP contribution in [0.15, 0.2) is 83.8 Å². The van der Waals surface area contributed by atoms with Crippen molar-refractivity contribution < 1.29 is 19.1 Å². The third kappa shape index (κ3) is 7.88. The van der Waals surface area contributed by atoms with Crippen LogP contribution in [-0.2, 0) is 33.6 Å². The molecule has 9 heteroatoms. The van der Waals surface area contributed by atoms with Crippen molar-refractivity contribution >= 4 is 63.2 Å². The largest absolute Gasteiger partial charge is 0.462 e. The molecule has 2 unspecified atom stereocenters. The number of hydrogen-bond acceptors (Lipinski definition) is 6. The second-order valence-electron chi connectivity index (χ2n) is 10.6. The van der Waals surface area contributed by atoms with Crippen LogP contribution in [0.1, 0.15) is 57.4 Å². The Balaban J connectivity index is 1.37. The number of fused-ring (bicyclic) bond motifs is 1. The summed E-state index contributed by atoms with van der Waals surface area (Å²) in [6.07, 6.45) is 2.90. The zero-order valence-corrected chi connectivity index (χ0v) is 26.4. The molecule has 0 saturated heterocycles. The summed E-state index contributed by atoms with van der Waals surface area (Å²) >= 11 is 8.83. The average molecular weight is 633 g/mol. The van der Waals surface area contributed by atoms with Gasteiger partial charge in [0.1, 0.15) is 10.3 Å². The number of ether oxygens (including phenoxy) is 1. The van der Waals surface area contributed by atoms with Gasteiger partial charge in [-0.25, -0.2) is 4.79 Å². The molecule has 5 rings (SSSR count). The topological polar surface area (TPSA) is 84.5 Å². The van der Waals surface area contributed by atoms with Gasteiger partial charge in [0.2, 0.25) is 11.8 Å². The van der Waals surface area contributed by atoms with Gasteiger partial charge in [0.15, 0.2) is 0 Å². The molecule has 1 heterocycles. The van der Waals surface area contributed by atoms with Gasteiger partial charge in [-0.2, -0.15) is 0 Å². The van der Waals surface area contributed by atoms with Gasteiger partial charge in [-0.15, -0.1) is 23.1 Å². The highest BCUT2D eigenvalue weighted by atomic mass is 35.5. The summed E-state index contributed by atoms with van der Waals surface area (Å²) in [4.78, 5) is 41.7. The van der Waals surface area contributed by atoms with Crippen molar-refractivity contribution in [3.63, 3.8) is 0 Å². The van der Waals surface area contributed by atoms with E-state index >= 15 is 0 Å². The molecule has 2 N–H and O–H groups in total. The number of nitrogens with one attached hydrogen (secondary N) is 2. The maximum atomic E-state index is 14.0. The molecule has 3 aromatic carbocycles. The summed E-state index contributed by atoms with van der Waals surface area (Å²) in [6, 6.07) is 24.2. The van der Waals surface area contributed by atoms with Gasteiger partial charge in [0, 0.05) is 20.5 Å². The first-order chi connectivity index (χ1) is 20.8. The zero-order valence-electron chi connectivity index (χ0n) is 24.0. The molecule has 1 aliphatic carbocycles. The lowest BCUT2D eigenvalue weighted by atomic mass is 9.88. The standard InChI is InChI=1S/C34H33ClN2O4S2/c1-3-41-34(40)30-27-17-12-21(2)18-28(27)43-33(30)37-32(39)31(23-8-5-4-6-9-23)42-26-11-7-10-25(20-26)36-29(38)19-22-13-15-24(35)16-14-22/h4-11,13-16,20-21,31H,3,12,17-19H2,1-2H3,(H,36,38)(H,37,39). The molecule has 0 spiro atoms. The lowest BCUT2D eigenvalue weighted by Gasteiger charge is -2.19. The molecule has 6 nitrogen and oxygen atoms in total. The summed E-state index contributed by atoms with van der Waals surface area (Å²) in [5, 5.41) is 6.62. The number of halogens is 1. The van der Waals surface area contributed by atoms with E-state index in [0.717, 1.165) is 45.7 Å². The highest BCUT2D eigenvalue weighted by molar-refractivity contribution is 8.00. The van der Waals surface area contributed by atoms with Crippen LogP contribution in [0, 0.1) is 5.92 Å². The lowest BCUT2D eigenvalue weighted by Crippen LogP contribution is -2.20. The summed E-state index contributed by atoms with van der Waals surface area (Å²) in [6.45, 7) is 4.26. The Morgan fingerprint density at radius 1 is 1.02 bits per heavy atom. The number of carbonyl (C=O) groups is 3. The Kier molecular flexibility index (Phi) is 10.2. The van der Waals surface area contributed by atoms with Crippen LogP contribution in [0.5, 0.6) is 0 Å². The molecule has 1 aromatic heterocycles. The van der Waals surface area contributed by atoms with E-state index in [1.807, 2.05) is 66.7 Å². The average Bonchev–Trinajstić information content (AvgIpc) is 3.34. The van der Waals surface area contributed by atoms with Gasteiger partial charge in [0.05, 0.1) is 18.6 Å². The molecule has 2 atom stereocenters. The highest BCUT2D eigenvalue weighted by Crippen LogP contribution is 2.42. The van der Waals surface area contributed by atoms with Crippen molar-refractivity contribution in [1.82, 2.24) is 0 Å². The molecule has 0 saturated carbocycles. The van der Waals surface area contributed by atoms with Crippen molar-refractivity contribution in [3.05, 3.63) is 111 Å². The van der Waals surface area contributed by atoms with E-state index < -0.39 is 11.2 Å². The van der Waals surface area contributed by atoms with E-state index in [1.54, 1.807) is 19.1 Å². The van der Waals surface area contributed by atoms with E-state index in [4.69, 9.17) is 16.3 Å². The SMILES string of the molecule is CCOC(=O)c1c(NC(=O)C(Sc2cccc(NC(=O)Cc3ccc(Cl)cc3)c2)c2ccccc2)sc2c1CCC(C)C2. The van der Waals surface area contributed by atoms with E-state index in [9.17, 15) is 14.4 Å². The molecule has 222 valence electrons. The molecule has 2 amide bonds. The third-order valence-corrected chi connectivity index (χ3v) is 9.89. The molecule has 0 bridgehead atoms. The van der Waals surface area contributed by atoms with Crippen LogP contribution in [0.3, 0.4) is 0 Å². The maximum absolute atomic E-state index is 14.0. The fourth-order valence-electron chi connectivity index (χ4n) is 5.11. The lowest BCUT2D eigenvalue weighted by molar-refractivity contribution is -0.116. The van der Waals surface area contributed by atoms with Crippen LogP contribution in [0.2, 0.25) is 5.02 Å². The minimum absolute atomic E-state index is 0.149. The third-order valence-electron chi connectivity index (χ3n) is 7.22. The quantitative estimate of drug-likeness (QED) is 0.136. The van der Waals surface area contributed by atoms with Crippen molar-refractivity contribution in [2.24, 2.45) is 5.92 Å². The first-order valence-electron chi connectivity index (χ1n) is 14.3. The van der Waals surface area contributed by atoms with Crippen LogP contribution < -0.4 is 10.6 Å². The number of amides is 2. The smallest absolute Gasteiger partial charge is 0.341 e. The predicted molar refractivity (Wildman–Crippen MR) is 175 cm³/mol. The number of thioether (sulfide) groups is 1. The molecule has 4 aromatic rings. The first kappa shape index (κ1) is 30.9. The number of anilines is 2. The van der Waals surface area contributed by atoms with Crippen molar-refractivity contribution in [3.8, 4) is 0 Å². The monoisotopic (exact) mass is 632 g/mol. The number of rotatable bonds is 10. The van der Waals surface area contributed by atoms with E-state index in [2.05, 4.69) is 17.6 Å². The fraction of sp³-hybridized carbons (Fsp3) is 0.265. The minimum atomic E-state index is -0.602. The highest BCUT2D eigenvalue weighted by Gasteiger charge is 2.31. The molecule has 0 aliphatic heterocycles. The van der Waals surface area contributed by atoms with Crippen LogP contribution in [0.25, 0.3) is 0 Å². The van der Waals surface area contributed by atoms with Crippen molar-refractivity contribution in [2.75, 3.05) is 17.2 Å². The molecular formula is C34H33ClN2O4S2. The van der Waals surface area contributed by atoms with Crippen LogP contribution >= 0.6 is 34.7 Å². The van der Waals surface area contributed by atoms with Crippen LogP contribution in [0.4, 0.5) is 10.7 Å². The van der Waals surface area contributed by atoms with Crippen molar-refractivity contribution in [1.29, 1.82) is 0 Å². The number of carbonyl (C=O) groups excluding carboxylic acids is 3. The van der Waals surface area contributed by atoms with Gasteiger partial charge in [-0.05, 0) is 79.1 Å².